The fraction of sp³-hybridized carbons (Fsp3) is 0.235. The number of anilines is 2. The minimum atomic E-state index is -4.54. The molecule has 0 aliphatic rings. The molecule has 27 heavy (non-hydrogen) atoms. The lowest BCUT2D eigenvalue weighted by atomic mass is 10.2. The average molecular weight is 402 g/mol. The Morgan fingerprint density at radius 1 is 1.15 bits per heavy atom. The highest BCUT2D eigenvalue weighted by Gasteiger charge is 2.30. The Bertz CT molecular complexity index is 913. The van der Waals surface area contributed by atoms with Crippen molar-refractivity contribution in [1.29, 1.82) is 0 Å². The summed E-state index contributed by atoms with van der Waals surface area (Å²) in [6.07, 6.45) is -3.68. The van der Waals surface area contributed by atoms with Crippen LogP contribution in [0.5, 0.6) is 5.75 Å². The lowest BCUT2D eigenvalue weighted by Crippen LogP contribution is -2.37. The summed E-state index contributed by atoms with van der Waals surface area (Å²) in [6.45, 7) is -0.596. The summed E-state index contributed by atoms with van der Waals surface area (Å²) in [4.78, 5) is 12.2. The Hall–Kier alpha value is -2.75. The Morgan fingerprint density at radius 2 is 1.78 bits per heavy atom. The van der Waals surface area contributed by atoms with Gasteiger partial charge in [-0.25, -0.2) is 8.42 Å². The second-order valence-electron chi connectivity index (χ2n) is 5.59. The van der Waals surface area contributed by atoms with Gasteiger partial charge in [-0.1, -0.05) is 6.07 Å². The average Bonchev–Trinajstić information content (AvgIpc) is 2.58. The van der Waals surface area contributed by atoms with Crippen LogP contribution in [0.3, 0.4) is 0 Å². The molecule has 2 aromatic rings. The van der Waals surface area contributed by atoms with Crippen molar-refractivity contribution in [2.24, 2.45) is 0 Å². The van der Waals surface area contributed by atoms with Crippen LogP contribution >= 0.6 is 0 Å². The molecule has 146 valence electrons. The molecule has 2 rings (SSSR count). The van der Waals surface area contributed by atoms with E-state index in [9.17, 15) is 26.4 Å². The standard InChI is InChI=1S/C17H17F3N2O4S/c1-26-15-5-3-4-13(10-15)21-16(23)11-22(27(2,24)25)14-8-6-12(7-9-14)17(18,19)20/h3-10H,11H2,1-2H3,(H,21,23). The van der Waals surface area contributed by atoms with E-state index in [0.717, 1.165) is 34.8 Å². The maximum atomic E-state index is 12.7. The van der Waals surface area contributed by atoms with Gasteiger partial charge < -0.3 is 10.1 Å². The molecule has 0 heterocycles. The first kappa shape index (κ1) is 20.6. The number of nitrogens with zero attached hydrogens (tertiary/aromatic N) is 1. The molecule has 6 nitrogen and oxygen atoms in total. The van der Waals surface area contributed by atoms with Gasteiger partial charge in [0.05, 0.1) is 24.6 Å². The second kappa shape index (κ2) is 7.87. The number of hydrogen-bond donors (Lipinski definition) is 1. The molecule has 1 N–H and O–H groups in total. The minimum Gasteiger partial charge on any atom is -0.497 e. The van der Waals surface area contributed by atoms with Gasteiger partial charge in [0, 0.05) is 11.8 Å². The maximum absolute atomic E-state index is 12.7. The van der Waals surface area contributed by atoms with E-state index in [1.165, 1.54) is 7.11 Å². The van der Waals surface area contributed by atoms with Crippen LogP contribution in [-0.4, -0.2) is 34.2 Å². The zero-order valence-electron chi connectivity index (χ0n) is 14.4. The summed E-state index contributed by atoms with van der Waals surface area (Å²) in [6, 6.07) is 9.95. The van der Waals surface area contributed by atoms with E-state index < -0.39 is 34.2 Å². The Balaban J connectivity index is 2.21. The normalized spacial score (nSPS) is 11.7. The first-order chi connectivity index (χ1) is 12.5. The molecule has 0 aliphatic heterocycles. The lowest BCUT2D eigenvalue weighted by molar-refractivity contribution is -0.137. The van der Waals surface area contributed by atoms with E-state index in [-0.39, 0.29) is 5.69 Å². The molecule has 0 radical (unpaired) electrons. The van der Waals surface area contributed by atoms with Crippen LogP contribution in [-0.2, 0) is 21.0 Å². The number of ether oxygens (including phenoxy) is 1. The van der Waals surface area contributed by atoms with Gasteiger partial charge in [0.2, 0.25) is 15.9 Å². The number of sulfonamides is 1. The highest BCUT2D eigenvalue weighted by molar-refractivity contribution is 7.92. The van der Waals surface area contributed by atoms with Crippen LogP contribution in [0.15, 0.2) is 48.5 Å². The van der Waals surface area contributed by atoms with Crippen molar-refractivity contribution in [3.63, 3.8) is 0 Å². The van der Waals surface area contributed by atoms with E-state index in [1.54, 1.807) is 24.3 Å². The first-order valence-electron chi connectivity index (χ1n) is 7.59. The van der Waals surface area contributed by atoms with Crippen molar-refractivity contribution in [2.75, 3.05) is 29.5 Å². The fourth-order valence-corrected chi connectivity index (χ4v) is 3.10. The molecule has 0 saturated carbocycles. The molecule has 1 amide bonds. The Kier molecular flexibility index (Phi) is 5.99. The van der Waals surface area contributed by atoms with Crippen molar-refractivity contribution in [2.45, 2.75) is 6.18 Å². The lowest BCUT2D eigenvalue weighted by Gasteiger charge is -2.22. The van der Waals surface area contributed by atoms with Crippen molar-refractivity contribution in [3.05, 3.63) is 54.1 Å². The van der Waals surface area contributed by atoms with Crippen molar-refractivity contribution in [3.8, 4) is 5.75 Å². The fourth-order valence-electron chi connectivity index (χ4n) is 2.25. The van der Waals surface area contributed by atoms with Crippen LogP contribution in [0.4, 0.5) is 24.5 Å². The number of carbonyl (C=O) groups excluding carboxylic acids is 1. The Morgan fingerprint density at radius 3 is 2.30 bits per heavy atom. The summed E-state index contributed by atoms with van der Waals surface area (Å²) in [5.74, 6) is -0.163. The third-order valence-corrected chi connectivity index (χ3v) is 4.66. The number of methoxy groups -OCH3 is 1. The monoisotopic (exact) mass is 402 g/mol. The molecule has 0 fully saturated rings. The summed E-state index contributed by atoms with van der Waals surface area (Å²) < 4.78 is 67.8. The van der Waals surface area contributed by atoms with Gasteiger partial charge in [0.1, 0.15) is 12.3 Å². The van der Waals surface area contributed by atoms with Crippen molar-refractivity contribution in [1.82, 2.24) is 0 Å². The minimum absolute atomic E-state index is 0.0497. The summed E-state index contributed by atoms with van der Waals surface area (Å²) in [5.41, 5.74) is -0.577. The van der Waals surface area contributed by atoms with Gasteiger partial charge in [0.25, 0.3) is 0 Å². The number of carbonyl (C=O) groups is 1. The quantitative estimate of drug-likeness (QED) is 0.806. The van der Waals surface area contributed by atoms with Crippen LogP contribution in [0, 0.1) is 0 Å². The number of halogens is 3. The molecule has 2 aromatic carbocycles. The van der Waals surface area contributed by atoms with Gasteiger partial charge in [-0.2, -0.15) is 13.2 Å². The summed E-state index contributed by atoms with van der Waals surface area (Å²) in [7, 11) is -2.44. The SMILES string of the molecule is COc1cccc(NC(=O)CN(c2ccc(C(F)(F)F)cc2)S(C)(=O)=O)c1. The molecule has 0 aromatic heterocycles. The van der Waals surface area contributed by atoms with E-state index in [2.05, 4.69) is 5.32 Å². The van der Waals surface area contributed by atoms with E-state index >= 15 is 0 Å². The van der Waals surface area contributed by atoms with Gasteiger partial charge in [-0.3, -0.25) is 9.10 Å². The molecule has 0 spiro atoms. The number of hydrogen-bond acceptors (Lipinski definition) is 4. The summed E-state index contributed by atoms with van der Waals surface area (Å²) in [5, 5.41) is 2.52. The molecule has 0 unspecified atom stereocenters. The Labute approximate surface area is 154 Å². The first-order valence-corrected chi connectivity index (χ1v) is 9.44. The molecule has 0 aliphatic carbocycles. The highest BCUT2D eigenvalue weighted by atomic mass is 32.2. The topological polar surface area (TPSA) is 75.7 Å². The number of nitrogens with one attached hydrogen (secondary N) is 1. The molecule has 10 heteroatoms. The van der Waals surface area contributed by atoms with Gasteiger partial charge >= 0.3 is 6.18 Å². The molecule has 0 bridgehead atoms. The number of amides is 1. The van der Waals surface area contributed by atoms with Crippen molar-refractivity contribution >= 4 is 27.3 Å². The van der Waals surface area contributed by atoms with Gasteiger partial charge in [-0.15, -0.1) is 0 Å². The van der Waals surface area contributed by atoms with Crippen LogP contribution in [0.25, 0.3) is 0 Å². The smallest absolute Gasteiger partial charge is 0.416 e. The van der Waals surface area contributed by atoms with Crippen molar-refractivity contribution < 1.29 is 31.1 Å². The zero-order valence-corrected chi connectivity index (χ0v) is 15.3. The van der Waals surface area contributed by atoms with Gasteiger partial charge in [0.15, 0.2) is 0 Å². The van der Waals surface area contributed by atoms with Crippen LogP contribution in [0.2, 0.25) is 0 Å². The molecule has 0 atom stereocenters. The molecular weight excluding hydrogens is 385 g/mol. The predicted octanol–water partition coefficient (Wildman–Crippen LogP) is 3.12. The third-order valence-electron chi connectivity index (χ3n) is 3.52. The zero-order chi connectivity index (χ0) is 20.2. The predicted molar refractivity (Wildman–Crippen MR) is 95.3 cm³/mol. The number of alkyl halides is 3. The van der Waals surface area contributed by atoms with Crippen LogP contribution in [0.1, 0.15) is 5.56 Å². The van der Waals surface area contributed by atoms with Crippen LogP contribution < -0.4 is 14.4 Å². The number of benzene rings is 2. The molecule has 0 saturated heterocycles. The van der Waals surface area contributed by atoms with E-state index in [1.807, 2.05) is 0 Å². The number of rotatable bonds is 6. The molecular formula is C17H17F3N2O4S. The third kappa shape index (κ3) is 5.61. The van der Waals surface area contributed by atoms with E-state index in [4.69, 9.17) is 4.74 Å². The van der Waals surface area contributed by atoms with E-state index in [0.29, 0.717) is 11.4 Å². The van der Waals surface area contributed by atoms with Gasteiger partial charge in [-0.05, 0) is 36.4 Å². The maximum Gasteiger partial charge on any atom is 0.416 e. The second-order valence-corrected chi connectivity index (χ2v) is 7.50. The summed E-state index contributed by atoms with van der Waals surface area (Å²) >= 11 is 0. The highest BCUT2D eigenvalue weighted by Crippen LogP contribution is 2.31. The largest absolute Gasteiger partial charge is 0.497 e.